The molecule has 2 rings (SSSR count). The van der Waals surface area contributed by atoms with Crippen LogP contribution in [-0.4, -0.2) is 40.9 Å². The van der Waals surface area contributed by atoms with E-state index in [1.165, 1.54) is 18.5 Å². The summed E-state index contributed by atoms with van der Waals surface area (Å²) in [6, 6.07) is 3.13. The Kier molecular flexibility index (Phi) is 5.47. The second-order valence-corrected chi connectivity index (χ2v) is 5.09. The first-order chi connectivity index (χ1) is 11.5. The van der Waals surface area contributed by atoms with Crippen LogP contribution in [0.25, 0.3) is 0 Å². The molecule has 0 bridgehead atoms. The maximum Gasteiger partial charge on any atom is 0.340 e. The van der Waals surface area contributed by atoms with Gasteiger partial charge in [0.1, 0.15) is 0 Å². The Morgan fingerprint density at radius 2 is 1.79 bits per heavy atom. The number of esters is 2. The van der Waals surface area contributed by atoms with Crippen LogP contribution in [0.3, 0.4) is 0 Å². The highest BCUT2D eigenvalue weighted by atomic mass is 16.5. The van der Waals surface area contributed by atoms with E-state index in [0.717, 1.165) is 0 Å². The lowest BCUT2D eigenvalue weighted by molar-refractivity contribution is 0.0471. The summed E-state index contributed by atoms with van der Waals surface area (Å²) in [5.74, 6) is -1.71. The van der Waals surface area contributed by atoms with Crippen molar-refractivity contribution in [2.75, 3.05) is 13.2 Å². The Morgan fingerprint density at radius 1 is 1.08 bits per heavy atom. The molecule has 0 aliphatic heterocycles. The van der Waals surface area contributed by atoms with Crippen molar-refractivity contribution in [3.05, 3.63) is 52.6 Å². The maximum atomic E-state index is 12.4. The van der Waals surface area contributed by atoms with E-state index >= 15 is 0 Å². The molecule has 0 aromatic carbocycles. The van der Waals surface area contributed by atoms with Crippen molar-refractivity contribution in [1.29, 1.82) is 0 Å². The predicted octanol–water partition coefficient (Wildman–Crippen LogP) is 2.24. The van der Waals surface area contributed by atoms with Crippen LogP contribution in [0.4, 0.5) is 0 Å². The van der Waals surface area contributed by atoms with Crippen molar-refractivity contribution < 1.29 is 23.9 Å². The van der Waals surface area contributed by atoms with E-state index in [1.54, 1.807) is 26.8 Å². The molecule has 0 saturated heterocycles. The number of aryl methyl sites for hydroxylation is 2. The van der Waals surface area contributed by atoms with Crippen LogP contribution in [0.15, 0.2) is 24.5 Å². The van der Waals surface area contributed by atoms with E-state index in [2.05, 4.69) is 9.97 Å². The second kappa shape index (κ2) is 7.54. The molecule has 2 heterocycles. The third kappa shape index (κ3) is 3.68. The molecule has 2 aromatic rings. The van der Waals surface area contributed by atoms with Crippen LogP contribution in [0.1, 0.15) is 49.4 Å². The molecule has 2 aromatic heterocycles. The van der Waals surface area contributed by atoms with Crippen molar-refractivity contribution >= 4 is 17.7 Å². The molecule has 1 N–H and O–H groups in total. The molecule has 126 valence electrons. The molecule has 0 unspecified atom stereocenters. The summed E-state index contributed by atoms with van der Waals surface area (Å²) in [5, 5.41) is 0. The molecule has 0 saturated carbocycles. The van der Waals surface area contributed by atoms with Crippen LogP contribution in [0.5, 0.6) is 0 Å². The summed E-state index contributed by atoms with van der Waals surface area (Å²) in [7, 11) is 0. The Hall–Kier alpha value is -2.96. The fourth-order valence-electron chi connectivity index (χ4n) is 2.36. The number of ketones is 1. The number of carbonyl (C=O) groups excluding carboxylic acids is 3. The third-order valence-electron chi connectivity index (χ3n) is 3.36. The molecule has 0 amide bonds. The molecule has 0 aliphatic carbocycles. The van der Waals surface area contributed by atoms with Crippen molar-refractivity contribution in [2.45, 2.75) is 20.8 Å². The number of pyridine rings is 1. The van der Waals surface area contributed by atoms with Crippen LogP contribution in [0.2, 0.25) is 0 Å². The maximum absolute atomic E-state index is 12.4. The topological polar surface area (TPSA) is 98.4 Å². The monoisotopic (exact) mass is 330 g/mol. The number of Topliss-reactive ketones (excluding diaryl/α,β-unsaturated/α-hetero) is 1. The van der Waals surface area contributed by atoms with Crippen molar-refractivity contribution in [2.24, 2.45) is 0 Å². The Balaban J connectivity index is 2.15. The zero-order valence-corrected chi connectivity index (χ0v) is 13.7. The minimum atomic E-state index is -0.654. The average Bonchev–Trinajstić information content (AvgIpc) is 2.87. The van der Waals surface area contributed by atoms with Gasteiger partial charge < -0.3 is 14.5 Å². The lowest BCUT2D eigenvalue weighted by Gasteiger charge is -2.07. The van der Waals surface area contributed by atoms with Crippen molar-refractivity contribution in [3.63, 3.8) is 0 Å². The number of hydrogen-bond acceptors (Lipinski definition) is 6. The largest absolute Gasteiger partial charge is 0.462 e. The summed E-state index contributed by atoms with van der Waals surface area (Å²) in [6.45, 7) is 4.76. The summed E-state index contributed by atoms with van der Waals surface area (Å²) >= 11 is 0. The number of rotatable bonds is 6. The Morgan fingerprint density at radius 3 is 2.42 bits per heavy atom. The van der Waals surface area contributed by atoms with Gasteiger partial charge in [0.15, 0.2) is 6.61 Å². The normalized spacial score (nSPS) is 10.3. The van der Waals surface area contributed by atoms with Crippen molar-refractivity contribution in [1.82, 2.24) is 9.97 Å². The van der Waals surface area contributed by atoms with Gasteiger partial charge in [-0.3, -0.25) is 9.78 Å². The fraction of sp³-hybridized carbons (Fsp3) is 0.294. The molecular weight excluding hydrogens is 312 g/mol. The number of H-pyrrole nitrogens is 1. The zero-order valence-electron chi connectivity index (χ0n) is 13.7. The number of aromatic amines is 1. The fourth-order valence-corrected chi connectivity index (χ4v) is 2.36. The van der Waals surface area contributed by atoms with Crippen LogP contribution < -0.4 is 0 Å². The minimum Gasteiger partial charge on any atom is -0.462 e. The molecule has 0 aliphatic rings. The van der Waals surface area contributed by atoms with Gasteiger partial charge in [-0.1, -0.05) is 0 Å². The number of nitrogens with one attached hydrogen (secondary N) is 1. The minimum absolute atomic E-state index is 0.178. The SMILES string of the molecule is CCOC(=O)c1c(C)[nH]c(C)c1C(=O)COC(=O)c1cccnc1. The van der Waals surface area contributed by atoms with Gasteiger partial charge in [-0.05, 0) is 32.9 Å². The Bertz CT molecular complexity index is 765. The lowest BCUT2D eigenvalue weighted by Crippen LogP contribution is -2.18. The smallest absolute Gasteiger partial charge is 0.340 e. The van der Waals surface area contributed by atoms with Crippen LogP contribution in [-0.2, 0) is 9.47 Å². The van der Waals surface area contributed by atoms with Crippen LogP contribution >= 0.6 is 0 Å². The highest BCUT2D eigenvalue weighted by Crippen LogP contribution is 2.20. The second-order valence-electron chi connectivity index (χ2n) is 5.09. The Labute approximate surface area is 139 Å². The number of carbonyl (C=O) groups is 3. The molecule has 0 radical (unpaired) electrons. The van der Waals surface area contributed by atoms with Gasteiger partial charge in [0.25, 0.3) is 0 Å². The van der Waals surface area contributed by atoms with E-state index in [9.17, 15) is 14.4 Å². The average molecular weight is 330 g/mol. The van der Waals surface area contributed by atoms with Crippen molar-refractivity contribution in [3.8, 4) is 0 Å². The predicted molar refractivity (Wildman–Crippen MR) is 85.1 cm³/mol. The van der Waals surface area contributed by atoms with E-state index in [-0.39, 0.29) is 23.3 Å². The molecule has 7 heteroatoms. The quantitative estimate of drug-likeness (QED) is 0.644. The summed E-state index contributed by atoms with van der Waals surface area (Å²) < 4.78 is 9.99. The molecular formula is C17H18N2O5. The summed E-state index contributed by atoms with van der Waals surface area (Å²) in [4.78, 5) is 43.1. The lowest BCUT2D eigenvalue weighted by atomic mass is 10.1. The molecule has 7 nitrogen and oxygen atoms in total. The number of nitrogens with zero attached hydrogens (tertiary/aromatic N) is 1. The van der Waals surface area contributed by atoms with Gasteiger partial charge in [-0.15, -0.1) is 0 Å². The van der Waals surface area contributed by atoms with E-state index in [0.29, 0.717) is 11.4 Å². The molecule has 0 fully saturated rings. The van der Waals surface area contributed by atoms with E-state index in [4.69, 9.17) is 9.47 Å². The number of aromatic nitrogens is 2. The first-order valence-corrected chi connectivity index (χ1v) is 7.42. The van der Waals surface area contributed by atoms with E-state index < -0.39 is 24.3 Å². The standard InChI is InChI=1S/C17H18N2O5/c1-4-23-17(22)15-11(3)19-10(2)14(15)13(20)9-24-16(21)12-6-5-7-18-8-12/h5-8,19H,4,9H2,1-3H3. The van der Waals surface area contributed by atoms with Crippen LogP contribution in [0, 0.1) is 13.8 Å². The molecule has 0 atom stereocenters. The highest BCUT2D eigenvalue weighted by molar-refractivity contribution is 6.09. The van der Waals surface area contributed by atoms with Gasteiger partial charge in [-0.2, -0.15) is 0 Å². The first-order valence-electron chi connectivity index (χ1n) is 7.42. The number of hydrogen-bond donors (Lipinski definition) is 1. The molecule has 0 spiro atoms. The van der Waals surface area contributed by atoms with Gasteiger partial charge in [-0.25, -0.2) is 9.59 Å². The number of ether oxygens (including phenoxy) is 2. The zero-order chi connectivity index (χ0) is 17.7. The summed E-state index contributed by atoms with van der Waals surface area (Å²) in [5.41, 5.74) is 1.67. The summed E-state index contributed by atoms with van der Waals surface area (Å²) in [6.07, 6.45) is 2.88. The van der Waals surface area contributed by atoms with Gasteiger partial charge in [0, 0.05) is 23.8 Å². The molecule has 24 heavy (non-hydrogen) atoms. The van der Waals surface area contributed by atoms with Gasteiger partial charge in [0.05, 0.1) is 23.3 Å². The third-order valence-corrected chi connectivity index (χ3v) is 3.36. The van der Waals surface area contributed by atoms with Gasteiger partial charge in [0.2, 0.25) is 5.78 Å². The van der Waals surface area contributed by atoms with Gasteiger partial charge >= 0.3 is 11.9 Å². The van der Waals surface area contributed by atoms with E-state index in [1.807, 2.05) is 0 Å². The first kappa shape index (κ1) is 17.4. The highest BCUT2D eigenvalue weighted by Gasteiger charge is 2.26.